The van der Waals surface area contributed by atoms with Crippen LogP contribution >= 0.6 is 0 Å². The Morgan fingerprint density at radius 1 is 1.58 bits per heavy atom. The van der Waals surface area contributed by atoms with Crippen LogP contribution in [0.25, 0.3) is 0 Å². The maximum atomic E-state index is 5.42. The van der Waals surface area contributed by atoms with E-state index in [1.807, 2.05) is 6.92 Å². The Labute approximate surface area is 71.8 Å². The SMILES string of the molecule is CCc1nc(CN)cnc1OC. The highest BCUT2D eigenvalue weighted by molar-refractivity contribution is 5.19. The molecule has 66 valence electrons. The van der Waals surface area contributed by atoms with E-state index in [1.54, 1.807) is 13.3 Å². The summed E-state index contributed by atoms with van der Waals surface area (Å²) < 4.78 is 5.02. The van der Waals surface area contributed by atoms with Crippen LogP contribution in [-0.2, 0) is 13.0 Å². The van der Waals surface area contributed by atoms with Gasteiger partial charge in [-0.3, -0.25) is 0 Å². The van der Waals surface area contributed by atoms with Crippen LogP contribution in [0.1, 0.15) is 18.3 Å². The molecule has 0 fully saturated rings. The minimum absolute atomic E-state index is 0.421. The molecule has 4 nitrogen and oxygen atoms in total. The number of methoxy groups -OCH3 is 1. The van der Waals surface area contributed by atoms with Crippen molar-refractivity contribution < 1.29 is 4.74 Å². The molecular formula is C8H13N3O. The number of nitrogens with two attached hydrogens (primary N) is 1. The van der Waals surface area contributed by atoms with E-state index in [0.29, 0.717) is 12.4 Å². The fourth-order valence-electron chi connectivity index (χ4n) is 0.957. The zero-order valence-corrected chi connectivity index (χ0v) is 7.37. The summed E-state index contributed by atoms with van der Waals surface area (Å²) >= 11 is 0. The van der Waals surface area contributed by atoms with Gasteiger partial charge in [0.05, 0.1) is 19.0 Å². The minimum Gasteiger partial charge on any atom is -0.480 e. The largest absolute Gasteiger partial charge is 0.480 e. The molecule has 0 spiro atoms. The lowest BCUT2D eigenvalue weighted by molar-refractivity contribution is 0.389. The predicted octanol–water partition coefficient (Wildman–Crippen LogP) is 0.506. The third kappa shape index (κ3) is 1.71. The van der Waals surface area contributed by atoms with Gasteiger partial charge in [0.1, 0.15) is 5.69 Å². The quantitative estimate of drug-likeness (QED) is 0.712. The number of ether oxygens (including phenoxy) is 1. The van der Waals surface area contributed by atoms with Crippen molar-refractivity contribution >= 4 is 0 Å². The maximum absolute atomic E-state index is 5.42. The Bertz CT molecular complexity index is 262. The molecule has 1 aromatic heterocycles. The summed E-state index contributed by atoms with van der Waals surface area (Å²) in [5.41, 5.74) is 7.08. The molecule has 0 aliphatic heterocycles. The predicted molar refractivity (Wildman–Crippen MR) is 45.9 cm³/mol. The average molecular weight is 167 g/mol. The third-order valence-corrected chi connectivity index (χ3v) is 1.59. The van der Waals surface area contributed by atoms with Gasteiger partial charge in [0, 0.05) is 6.54 Å². The summed E-state index contributed by atoms with van der Waals surface area (Å²) in [5, 5.41) is 0. The first-order valence-corrected chi connectivity index (χ1v) is 3.90. The number of hydrogen-bond acceptors (Lipinski definition) is 4. The lowest BCUT2D eigenvalue weighted by Gasteiger charge is -2.05. The van der Waals surface area contributed by atoms with Crippen molar-refractivity contribution in [3.05, 3.63) is 17.6 Å². The molecule has 0 aliphatic carbocycles. The number of aryl methyl sites for hydroxylation is 1. The van der Waals surface area contributed by atoms with Gasteiger partial charge in [-0.2, -0.15) is 0 Å². The number of aromatic nitrogens is 2. The lowest BCUT2D eigenvalue weighted by atomic mass is 10.3. The standard InChI is InChI=1S/C8H13N3O/c1-3-7-8(12-2)10-5-6(4-9)11-7/h5H,3-4,9H2,1-2H3. The van der Waals surface area contributed by atoms with E-state index < -0.39 is 0 Å². The van der Waals surface area contributed by atoms with Crippen LogP contribution in [0.15, 0.2) is 6.20 Å². The second kappa shape index (κ2) is 4.01. The maximum Gasteiger partial charge on any atom is 0.235 e. The summed E-state index contributed by atoms with van der Waals surface area (Å²) in [6.07, 6.45) is 2.45. The van der Waals surface area contributed by atoms with Crippen molar-refractivity contribution in [2.45, 2.75) is 19.9 Å². The summed E-state index contributed by atoms with van der Waals surface area (Å²) in [7, 11) is 1.59. The summed E-state index contributed by atoms with van der Waals surface area (Å²) in [5.74, 6) is 0.592. The van der Waals surface area contributed by atoms with Gasteiger partial charge < -0.3 is 10.5 Å². The first kappa shape index (κ1) is 8.93. The molecule has 0 saturated carbocycles. The molecule has 0 saturated heterocycles. The molecule has 1 rings (SSSR count). The van der Waals surface area contributed by atoms with Crippen LogP contribution in [0.2, 0.25) is 0 Å². The monoisotopic (exact) mass is 167 g/mol. The van der Waals surface area contributed by atoms with Crippen molar-refractivity contribution in [2.75, 3.05) is 7.11 Å². The molecule has 0 amide bonds. The molecule has 0 radical (unpaired) electrons. The Kier molecular flexibility index (Phi) is 2.99. The Morgan fingerprint density at radius 2 is 2.33 bits per heavy atom. The first-order valence-electron chi connectivity index (χ1n) is 3.90. The van der Waals surface area contributed by atoms with Crippen LogP contribution in [0.4, 0.5) is 0 Å². The second-order valence-electron chi connectivity index (χ2n) is 2.37. The Balaban J connectivity index is 3.02. The molecule has 0 aromatic carbocycles. The van der Waals surface area contributed by atoms with Crippen molar-refractivity contribution in [3.8, 4) is 5.88 Å². The molecule has 0 atom stereocenters. The number of hydrogen-bond donors (Lipinski definition) is 1. The van der Waals surface area contributed by atoms with Crippen LogP contribution in [0, 0.1) is 0 Å². The molecule has 1 aromatic rings. The molecule has 2 N–H and O–H groups in total. The van der Waals surface area contributed by atoms with E-state index in [1.165, 1.54) is 0 Å². The minimum atomic E-state index is 0.421. The lowest BCUT2D eigenvalue weighted by Crippen LogP contribution is -2.05. The van der Waals surface area contributed by atoms with Gasteiger partial charge in [-0.05, 0) is 6.42 Å². The fraction of sp³-hybridized carbons (Fsp3) is 0.500. The summed E-state index contributed by atoms with van der Waals surface area (Å²) in [4.78, 5) is 8.34. The number of rotatable bonds is 3. The highest BCUT2D eigenvalue weighted by atomic mass is 16.5. The van der Waals surface area contributed by atoms with Crippen molar-refractivity contribution in [2.24, 2.45) is 5.73 Å². The van der Waals surface area contributed by atoms with Gasteiger partial charge in [-0.1, -0.05) is 6.92 Å². The molecule has 12 heavy (non-hydrogen) atoms. The van der Waals surface area contributed by atoms with Gasteiger partial charge in [-0.25, -0.2) is 9.97 Å². The molecule has 0 bridgehead atoms. The normalized spacial score (nSPS) is 9.92. The van der Waals surface area contributed by atoms with Gasteiger partial charge in [0.2, 0.25) is 5.88 Å². The molecular weight excluding hydrogens is 154 g/mol. The summed E-state index contributed by atoms with van der Waals surface area (Å²) in [6, 6.07) is 0. The van der Waals surface area contributed by atoms with Gasteiger partial charge >= 0.3 is 0 Å². The fourth-order valence-corrected chi connectivity index (χ4v) is 0.957. The second-order valence-corrected chi connectivity index (χ2v) is 2.37. The zero-order valence-electron chi connectivity index (χ0n) is 7.37. The number of nitrogens with zero attached hydrogens (tertiary/aromatic N) is 2. The Hall–Kier alpha value is -1.16. The van der Waals surface area contributed by atoms with Gasteiger partial charge in [-0.15, -0.1) is 0 Å². The summed E-state index contributed by atoms with van der Waals surface area (Å²) in [6.45, 7) is 2.43. The van der Waals surface area contributed by atoms with Crippen molar-refractivity contribution in [1.29, 1.82) is 0 Å². The highest BCUT2D eigenvalue weighted by Gasteiger charge is 2.04. The van der Waals surface area contributed by atoms with Crippen LogP contribution in [0.5, 0.6) is 5.88 Å². The van der Waals surface area contributed by atoms with Crippen LogP contribution in [0.3, 0.4) is 0 Å². The van der Waals surface area contributed by atoms with E-state index >= 15 is 0 Å². The first-order chi connectivity index (χ1) is 5.81. The van der Waals surface area contributed by atoms with E-state index in [-0.39, 0.29) is 0 Å². The molecule has 4 heteroatoms. The molecule has 0 aliphatic rings. The van der Waals surface area contributed by atoms with E-state index in [9.17, 15) is 0 Å². The smallest absolute Gasteiger partial charge is 0.235 e. The topological polar surface area (TPSA) is 61.0 Å². The van der Waals surface area contributed by atoms with Crippen molar-refractivity contribution in [1.82, 2.24) is 9.97 Å². The Morgan fingerprint density at radius 3 is 2.83 bits per heavy atom. The zero-order chi connectivity index (χ0) is 8.97. The third-order valence-electron chi connectivity index (χ3n) is 1.59. The highest BCUT2D eigenvalue weighted by Crippen LogP contribution is 2.12. The van der Waals surface area contributed by atoms with E-state index in [0.717, 1.165) is 17.8 Å². The average Bonchev–Trinajstić information content (AvgIpc) is 2.16. The van der Waals surface area contributed by atoms with E-state index in [2.05, 4.69) is 9.97 Å². The van der Waals surface area contributed by atoms with Gasteiger partial charge in [0.15, 0.2) is 0 Å². The van der Waals surface area contributed by atoms with Crippen LogP contribution < -0.4 is 10.5 Å². The van der Waals surface area contributed by atoms with Crippen molar-refractivity contribution in [3.63, 3.8) is 0 Å². The van der Waals surface area contributed by atoms with Gasteiger partial charge in [0.25, 0.3) is 0 Å². The van der Waals surface area contributed by atoms with E-state index in [4.69, 9.17) is 10.5 Å². The van der Waals surface area contributed by atoms with Crippen LogP contribution in [-0.4, -0.2) is 17.1 Å². The molecule has 0 unspecified atom stereocenters. The molecule has 1 heterocycles.